The molecule has 5 heteroatoms. The molecule has 0 spiro atoms. The van der Waals surface area contributed by atoms with Crippen LogP contribution in [0.5, 0.6) is 0 Å². The van der Waals surface area contributed by atoms with E-state index >= 15 is 0 Å². The molecular weight excluding hydrogens is 262 g/mol. The highest BCUT2D eigenvalue weighted by Crippen LogP contribution is 2.17. The van der Waals surface area contributed by atoms with Gasteiger partial charge in [0.25, 0.3) is 0 Å². The van der Waals surface area contributed by atoms with Gasteiger partial charge in [-0.2, -0.15) is 0 Å². The van der Waals surface area contributed by atoms with Crippen LogP contribution in [0, 0.1) is 11.6 Å². The summed E-state index contributed by atoms with van der Waals surface area (Å²) < 4.78 is 26.4. The number of carbonyl (C=O) groups excluding carboxylic acids is 1. The van der Waals surface area contributed by atoms with E-state index in [0.717, 1.165) is 6.07 Å². The van der Waals surface area contributed by atoms with Crippen LogP contribution in [-0.4, -0.2) is 18.0 Å². The van der Waals surface area contributed by atoms with E-state index in [4.69, 9.17) is 0 Å². The van der Waals surface area contributed by atoms with E-state index in [0.29, 0.717) is 13.0 Å². The number of amides is 1. The van der Waals surface area contributed by atoms with Crippen molar-refractivity contribution in [1.29, 1.82) is 0 Å². The van der Waals surface area contributed by atoms with Crippen molar-refractivity contribution in [3.05, 3.63) is 35.4 Å². The fourth-order valence-corrected chi connectivity index (χ4v) is 1.80. The van der Waals surface area contributed by atoms with Crippen molar-refractivity contribution >= 4 is 5.91 Å². The summed E-state index contributed by atoms with van der Waals surface area (Å²) in [7, 11) is 0. The molecule has 1 rings (SSSR count). The Morgan fingerprint density at radius 3 is 2.50 bits per heavy atom. The molecule has 112 valence electrons. The lowest BCUT2D eigenvalue weighted by atomic mass is 10.1. The lowest BCUT2D eigenvalue weighted by Gasteiger charge is -2.21. The van der Waals surface area contributed by atoms with Gasteiger partial charge in [-0.1, -0.05) is 6.07 Å². The topological polar surface area (TPSA) is 41.1 Å². The lowest BCUT2D eigenvalue weighted by molar-refractivity contribution is -0.121. The van der Waals surface area contributed by atoms with Crippen LogP contribution in [0.4, 0.5) is 8.78 Å². The van der Waals surface area contributed by atoms with Gasteiger partial charge in [0.2, 0.25) is 5.91 Å². The molecule has 0 fully saturated rings. The molecule has 20 heavy (non-hydrogen) atoms. The second-order valence-electron chi connectivity index (χ2n) is 5.88. The van der Waals surface area contributed by atoms with Crippen LogP contribution >= 0.6 is 0 Å². The van der Waals surface area contributed by atoms with E-state index in [-0.39, 0.29) is 17.0 Å². The molecule has 1 aromatic rings. The number of halogens is 2. The fourth-order valence-electron chi connectivity index (χ4n) is 1.80. The third kappa shape index (κ3) is 5.65. The average Bonchev–Trinajstić information content (AvgIpc) is 2.26. The summed E-state index contributed by atoms with van der Waals surface area (Å²) in [5, 5.41) is 5.90. The molecule has 0 saturated heterocycles. The maximum absolute atomic E-state index is 13.6. The van der Waals surface area contributed by atoms with Crippen molar-refractivity contribution in [2.24, 2.45) is 0 Å². The highest BCUT2D eigenvalue weighted by atomic mass is 19.1. The lowest BCUT2D eigenvalue weighted by Crippen LogP contribution is -2.38. The van der Waals surface area contributed by atoms with Gasteiger partial charge in [0.05, 0.1) is 6.04 Å². The molecule has 0 saturated carbocycles. The first-order valence-electron chi connectivity index (χ1n) is 6.68. The molecular formula is C15H22F2N2O. The second kappa shape index (κ2) is 6.79. The molecule has 0 radical (unpaired) electrons. The summed E-state index contributed by atoms with van der Waals surface area (Å²) >= 11 is 0. The minimum atomic E-state index is -0.648. The fraction of sp³-hybridized carbons (Fsp3) is 0.533. The largest absolute Gasteiger partial charge is 0.349 e. The molecule has 0 aliphatic carbocycles. The van der Waals surface area contributed by atoms with Crippen LogP contribution in [0.3, 0.4) is 0 Å². The zero-order chi connectivity index (χ0) is 15.3. The quantitative estimate of drug-likeness (QED) is 0.873. The SMILES string of the molecule is CC(NC(=O)CCNC(C)(C)C)c1ccc(F)cc1F. The highest BCUT2D eigenvalue weighted by molar-refractivity contribution is 5.76. The second-order valence-corrected chi connectivity index (χ2v) is 5.88. The summed E-state index contributed by atoms with van der Waals surface area (Å²) in [6, 6.07) is 2.86. The zero-order valence-corrected chi connectivity index (χ0v) is 12.4. The van der Waals surface area contributed by atoms with Crippen LogP contribution in [0.2, 0.25) is 0 Å². The normalized spacial score (nSPS) is 13.1. The van der Waals surface area contributed by atoms with Gasteiger partial charge in [-0.05, 0) is 33.8 Å². The Kier molecular flexibility index (Phi) is 5.62. The number of carbonyl (C=O) groups is 1. The third-order valence-electron chi connectivity index (χ3n) is 2.81. The summed E-state index contributed by atoms with van der Waals surface area (Å²) in [4.78, 5) is 11.7. The molecule has 0 bridgehead atoms. The molecule has 1 amide bonds. The average molecular weight is 284 g/mol. The standard InChI is InChI=1S/C15H22F2N2O/c1-10(12-6-5-11(16)9-13(12)17)19-14(20)7-8-18-15(2,3)4/h5-6,9-10,18H,7-8H2,1-4H3,(H,19,20). The van der Waals surface area contributed by atoms with Gasteiger partial charge in [0, 0.05) is 30.1 Å². The molecule has 1 atom stereocenters. The molecule has 1 aromatic carbocycles. The van der Waals surface area contributed by atoms with Gasteiger partial charge in [0.1, 0.15) is 11.6 Å². The first-order chi connectivity index (χ1) is 9.19. The van der Waals surface area contributed by atoms with Crippen LogP contribution in [-0.2, 0) is 4.79 Å². The zero-order valence-electron chi connectivity index (χ0n) is 12.4. The molecule has 3 nitrogen and oxygen atoms in total. The van der Waals surface area contributed by atoms with Gasteiger partial charge < -0.3 is 10.6 Å². The Morgan fingerprint density at radius 1 is 1.30 bits per heavy atom. The van der Waals surface area contributed by atoms with E-state index in [1.807, 2.05) is 20.8 Å². The van der Waals surface area contributed by atoms with Crippen LogP contribution < -0.4 is 10.6 Å². The first-order valence-corrected chi connectivity index (χ1v) is 6.68. The summed E-state index contributed by atoms with van der Waals surface area (Å²) in [5.74, 6) is -1.44. The van der Waals surface area contributed by atoms with Gasteiger partial charge in [-0.15, -0.1) is 0 Å². The Morgan fingerprint density at radius 2 is 1.95 bits per heavy atom. The Balaban J connectivity index is 2.49. The van der Waals surface area contributed by atoms with Gasteiger partial charge in [-0.3, -0.25) is 4.79 Å². The highest BCUT2D eigenvalue weighted by Gasteiger charge is 2.15. The molecule has 2 N–H and O–H groups in total. The van der Waals surface area contributed by atoms with Crippen molar-refractivity contribution < 1.29 is 13.6 Å². The van der Waals surface area contributed by atoms with Crippen LogP contribution in [0.15, 0.2) is 18.2 Å². The minimum Gasteiger partial charge on any atom is -0.349 e. The number of benzene rings is 1. The Hall–Kier alpha value is -1.49. The Bertz CT molecular complexity index is 469. The molecule has 0 aliphatic rings. The number of hydrogen-bond acceptors (Lipinski definition) is 2. The minimum absolute atomic E-state index is 0.0467. The third-order valence-corrected chi connectivity index (χ3v) is 2.81. The predicted octanol–water partition coefficient (Wildman–Crippen LogP) is 2.92. The van der Waals surface area contributed by atoms with Crippen molar-refractivity contribution in [2.45, 2.75) is 45.7 Å². The smallest absolute Gasteiger partial charge is 0.221 e. The summed E-state index contributed by atoms with van der Waals surface area (Å²) in [6.07, 6.45) is 0.310. The first kappa shape index (κ1) is 16.6. The molecule has 0 aromatic heterocycles. The molecule has 0 heterocycles. The monoisotopic (exact) mass is 284 g/mol. The van der Waals surface area contributed by atoms with E-state index in [1.165, 1.54) is 12.1 Å². The predicted molar refractivity (Wildman–Crippen MR) is 75.3 cm³/mol. The van der Waals surface area contributed by atoms with E-state index < -0.39 is 17.7 Å². The number of nitrogens with one attached hydrogen (secondary N) is 2. The van der Waals surface area contributed by atoms with E-state index in [2.05, 4.69) is 10.6 Å². The Labute approximate surface area is 118 Å². The van der Waals surface area contributed by atoms with Crippen LogP contribution in [0.25, 0.3) is 0 Å². The van der Waals surface area contributed by atoms with Crippen LogP contribution in [0.1, 0.15) is 45.7 Å². The maximum Gasteiger partial charge on any atom is 0.221 e. The van der Waals surface area contributed by atoms with Gasteiger partial charge in [-0.25, -0.2) is 8.78 Å². The summed E-state index contributed by atoms with van der Waals surface area (Å²) in [5.41, 5.74) is 0.234. The molecule has 1 unspecified atom stereocenters. The summed E-state index contributed by atoms with van der Waals surface area (Å²) in [6.45, 7) is 8.27. The van der Waals surface area contributed by atoms with Crippen molar-refractivity contribution in [3.8, 4) is 0 Å². The number of hydrogen-bond donors (Lipinski definition) is 2. The van der Waals surface area contributed by atoms with Crippen molar-refractivity contribution in [1.82, 2.24) is 10.6 Å². The van der Waals surface area contributed by atoms with Crippen molar-refractivity contribution in [3.63, 3.8) is 0 Å². The van der Waals surface area contributed by atoms with Crippen molar-refractivity contribution in [2.75, 3.05) is 6.54 Å². The molecule has 0 aliphatic heterocycles. The van der Waals surface area contributed by atoms with E-state index in [1.54, 1.807) is 6.92 Å². The van der Waals surface area contributed by atoms with E-state index in [9.17, 15) is 13.6 Å². The maximum atomic E-state index is 13.6. The number of rotatable bonds is 5. The van der Waals surface area contributed by atoms with Gasteiger partial charge >= 0.3 is 0 Å². The van der Waals surface area contributed by atoms with Gasteiger partial charge in [0.15, 0.2) is 0 Å².